The highest BCUT2D eigenvalue weighted by atomic mass is 35.5. The summed E-state index contributed by atoms with van der Waals surface area (Å²) in [7, 11) is 0. The first-order valence-corrected chi connectivity index (χ1v) is 8.94. The van der Waals surface area contributed by atoms with Crippen LogP contribution in [0.4, 0.5) is 0 Å². The van der Waals surface area contributed by atoms with Gasteiger partial charge in [-0.25, -0.2) is 26.2 Å². The lowest BCUT2D eigenvalue weighted by molar-refractivity contribution is -0.689. The second-order valence-electron chi connectivity index (χ2n) is 4.59. The van der Waals surface area contributed by atoms with Crippen LogP contribution in [0.2, 0.25) is 10.3 Å². The molecule has 168 valence electrons. The van der Waals surface area contributed by atoms with Crippen molar-refractivity contribution >= 4 is 46.0 Å². The fourth-order valence-corrected chi connectivity index (χ4v) is 1.98. The lowest BCUT2D eigenvalue weighted by Crippen LogP contribution is -3.00. The zero-order valence-electron chi connectivity index (χ0n) is 15.4. The molecule has 14 heteroatoms. The third-order valence-corrected chi connectivity index (χ3v) is 3.37. The van der Waals surface area contributed by atoms with Gasteiger partial charge in [0.05, 0.1) is 30.9 Å². The molecule has 0 aromatic carbocycles. The Morgan fingerprint density at radius 3 is 1.83 bits per heavy atom. The molecule has 10 nitrogen and oxygen atoms in total. The first-order valence-electron chi connectivity index (χ1n) is 7.80. The fourth-order valence-electron chi connectivity index (χ4n) is 1.37. The maximum atomic E-state index is 11.3. The standard InChI is InChI=1S/C8H9ClN2O3.C6H3Cl2NO.C2H8NO2.ClH/c9-7-6(2-1-3-10-7)8(13)11-14-5-4-12;7-5-4(6(8)10)2-1-3-9-5;3-5-2-1-4;/h1-3,12H,4-5H2,(H,11,13);1-3H;4H,1-2H2,3H3;1H/q;;+1;/p-1. The molecule has 0 spiro atoms. The first-order chi connectivity index (χ1) is 13.9. The number of nitrogens with zero attached hydrogens (tertiary/aromatic N) is 2. The van der Waals surface area contributed by atoms with Crippen molar-refractivity contribution in [1.82, 2.24) is 15.4 Å². The van der Waals surface area contributed by atoms with Gasteiger partial charge in [0, 0.05) is 12.4 Å². The third-order valence-electron chi connectivity index (χ3n) is 2.57. The summed E-state index contributed by atoms with van der Waals surface area (Å²) in [5.74, 6) is 2.53. The molecule has 0 aliphatic heterocycles. The fraction of sp³-hybridized carbons (Fsp3) is 0.250. The van der Waals surface area contributed by atoms with E-state index in [0.717, 1.165) is 0 Å². The van der Waals surface area contributed by atoms with Gasteiger partial charge in [0.25, 0.3) is 11.1 Å². The Balaban J connectivity index is 0. The number of carbonyl (C=O) groups is 2. The van der Waals surface area contributed by atoms with Gasteiger partial charge >= 0.3 is 0 Å². The number of hydrogen-bond acceptors (Lipinski definition) is 8. The number of aliphatic hydroxyl groups excluding tert-OH is 2. The molecule has 0 saturated carbocycles. The number of nitrogens with one attached hydrogen (secondary N) is 1. The largest absolute Gasteiger partial charge is 1.00 e. The van der Waals surface area contributed by atoms with Crippen LogP contribution in [0.1, 0.15) is 20.7 Å². The number of carbonyl (C=O) groups excluding carboxylic acids is 2. The summed E-state index contributed by atoms with van der Waals surface area (Å²) in [6.45, 7) is 0.258. The topological polar surface area (TPSA) is 159 Å². The Hall–Kier alpha value is -1.60. The summed E-state index contributed by atoms with van der Waals surface area (Å²) >= 11 is 16.3. The van der Waals surface area contributed by atoms with Crippen molar-refractivity contribution in [3.8, 4) is 0 Å². The lowest BCUT2D eigenvalue weighted by Gasteiger charge is -2.04. The van der Waals surface area contributed by atoms with Crippen LogP contribution in [0.3, 0.4) is 0 Å². The van der Waals surface area contributed by atoms with Gasteiger partial charge < -0.3 is 22.6 Å². The second kappa shape index (κ2) is 19.4. The predicted octanol–water partition coefficient (Wildman–Crippen LogP) is -2.34. The van der Waals surface area contributed by atoms with Crippen LogP contribution in [0.25, 0.3) is 0 Å². The van der Waals surface area contributed by atoms with Crippen molar-refractivity contribution < 1.29 is 47.8 Å². The number of rotatable bonds is 7. The minimum atomic E-state index is -0.585. The highest BCUT2D eigenvalue weighted by Crippen LogP contribution is 2.13. The number of amides is 1. The molecule has 0 radical (unpaired) electrons. The van der Waals surface area contributed by atoms with Crippen LogP contribution in [0.5, 0.6) is 0 Å². The zero-order chi connectivity index (χ0) is 22.1. The highest BCUT2D eigenvalue weighted by molar-refractivity contribution is 6.68. The summed E-state index contributed by atoms with van der Waals surface area (Å²) in [5.41, 5.74) is 2.59. The molecule has 0 fully saturated rings. The van der Waals surface area contributed by atoms with E-state index in [1.54, 1.807) is 12.1 Å². The van der Waals surface area contributed by atoms with E-state index in [-0.39, 0.29) is 53.7 Å². The van der Waals surface area contributed by atoms with Gasteiger partial charge in [-0.3, -0.25) is 14.4 Å². The minimum Gasteiger partial charge on any atom is -1.00 e. The molecule has 0 saturated heterocycles. The van der Waals surface area contributed by atoms with Crippen LogP contribution >= 0.6 is 34.8 Å². The molecule has 0 bridgehead atoms. The zero-order valence-corrected chi connectivity index (χ0v) is 18.5. The summed E-state index contributed by atoms with van der Waals surface area (Å²) < 4.78 is 0. The molecule has 0 atom stereocenters. The third kappa shape index (κ3) is 13.6. The van der Waals surface area contributed by atoms with Crippen LogP contribution in [0, 0.1) is 0 Å². The van der Waals surface area contributed by atoms with Crippen LogP contribution in [0.15, 0.2) is 36.7 Å². The normalized spacial score (nSPS) is 9.13. The Morgan fingerprint density at radius 1 is 1.00 bits per heavy atom. The van der Waals surface area contributed by atoms with Crippen molar-refractivity contribution in [2.75, 3.05) is 26.4 Å². The van der Waals surface area contributed by atoms with E-state index in [0.29, 0.717) is 6.61 Å². The first kappa shape index (κ1) is 30.6. The van der Waals surface area contributed by atoms with E-state index in [1.165, 1.54) is 24.5 Å². The van der Waals surface area contributed by atoms with Crippen molar-refractivity contribution in [3.63, 3.8) is 0 Å². The predicted molar refractivity (Wildman–Crippen MR) is 105 cm³/mol. The summed E-state index contributed by atoms with van der Waals surface area (Å²) in [5, 5.41) is 16.0. The van der Waals surface area contributed by atoms with Gasteiger partial charge in [-0.05, 0) is 35.9 Å². The smallest absolute Gasteiger partial charge is 0.277 e. The Morgan fingerprint density at radius 2 is 1.50 bits per heavy atom. The molecule has 0 unspecified atom stereocenters. The molecule has 30 heavy (non-hydrogen) atoms. The molecular weight excluding hydrogens is 486 g/mol. The van der Waals surface area contributed by atoms with E-state index in [9.17, 15) is 9.59 Å². The highest BCUT2D eigenvalue weighted by Gasteiger charge is 2.09. The van der Waals surface area contributed by atoms with E-state index in [2.05, 4.69) is 31.0 Å². The Bertz CT molecular complexity index is 755. The molecule has 0 aliphatic carbocycles. The quantitative estimate of drug-likeness (QED) is 0.141. The molecular formula is C16H20Cl4N4O6. The number of aromatic nitrogens is 2. The van der Waals surface area contributed by atoms with Crippen molar-refractivity contribution in [1.29, 1.82) is 0 Å². The number of pyridine rings is 2. The average Bonchev–Trinajstić information content (AvgIpc) is 2.70. The monoisotopic (exact) mass is 504 g/mol. The van der Waals surface area contributed by atoms with Crippen molar-refractivity contribution in [2.45, 2.75) is 0 Å². The molecule has 2 aromatic heterocycles. The van der Waals surface area contributed by atoms with Gasteiger partial charge in [0.2, 0.25) is 0 Å². The number of aliphatic hydroxyl groups is 2. The van der Waals surface area contributed by atoms with E-state index < -0.39 is 11.1 Å². The van der Waals surface area contributed by atoms with Crippen molar-refractivity contribution in [3.05, 3.63) is 58.1 Å². The summed E-state index contributed by atoms with van der Waals surface area (Å²) in [6, 6.07) is 6.23. The number of quaternary nitrogens is 1. The molecule has 2 rings (SSSR count). The number of hydroxylamine groups is 1. The second-order valence-corrected chi connectivity index (χ2v) is 5.65. The van der Waals surface area contributed by atoms with Gasteiger partial charge in [-0.15, -0.1) is 0 Å². The molecule has 2 aromatic rings. The molecule has 0 aliphatic rings. The van der Waals surface area contributed by atoms with Gasteiger partial charge in [-0.2, -0.15) is 0 Å². The van der Waals surface area contributed by atoms with E-state index in [4.69, 9.17) is 45.0 Å². The van der Waals surface area contributed by atoms with Gasteiger partial charge in [0.15, 0.2) is 0 Å². The van der Waals surface area contributed by atoms with Gasteiger partial charge in [0.1, 0.15) is 16.9 Å². The van der Waals surface area contributed by atoms with Crippen LogP contribution in [-0.4, -0.2) is 57.8 Å². The molecule has 2 heterocycles. The van der Waals surface area contributed by atoms with Crippen LogP contribution in [-0.2, 0) is 9.68 Å². The maximum Gasteiger partial charge on any atom is 0.277 e. The molecule has 6 N–H and O–H groups in total. The summed E-state index contributed by atoms with van der Waals surface area (Å²) in [6.07, 6.45) is 2.97. The number of halogens is 4. The Labute approximate surface area is 193 Å². The summed E-state index contributed by atoms with van der Waals surface area (Å²) in [4.78, 5) is 38.0. The van der Waals surface area contributed by atoms with E-state index >= 15 is 0 Å². The number of hydrogen-bond donors (Lipinski definition) is 4. The minimum absolute atomic E-state index is 0. The lowest BCUT2D eigenvalue weighted by atomic mass is 10.3. The van der Waals surface area contributed by atoms with Crippen LogP contribution < -0.4 is 23.8 Å². The van der Waals surface area contributed by atoms with E-state index in [1.807, 2.05) is 0 Å². The average molecular weight is 506 g/mol. The maximum absolute atomic E-state index is 11.3. The molecule has 1 amide bonds. The van der Waals surface area contributed by atoms with Gasteiger partial charge in [-0.1, -0.05) is 23.2 Å². The Kier molecular flexibility index (Phi) is 19.8. The van der Waals surface area contributed by atoms with Crippen molar-refractivity contribution in [2.24, 2.45) is 0 Å². The SMILES string of the molecule is O=C(Cl)c1cccnc1Cl.O=C(NOCCO)c1cccnc1Cl.[Cl-].[NH3+]OCCO.